The lowest BCUT2D eigenvalue weighted by Gasteiger charge is -2.63. The number of ether oxygens (including phenoxy) is 1. The van der Waals surface area contributed by atoms with Crippen LogP contribution in [0.1, 0.15) is 30.4 Å². The Balaban J connectivity index is 1.78. The van der Waals surface area contributed by atoms with Crippen LogP contribution in [0.15, 0.2) is 24.8 Å². The van der Waals surface area contributed by atoms with Crippen molar-refractivity contribution in [3.05, 3.63) is 35.9 Å². The zero-order valence-corrected chi connectivity index (χ0v) is 13.7. The first-order chi connectivity index (χ1) is 11.5. The van der Waals surface area contributed by atoms with Gasteiger partial charge in [-0.2, -0.15) is 0 Å². The fourth-order valence-electron chi connectivity index (χ4n) is 6.05. The maximum Gasteiger partial charge on any atom is 0.165 e. The number of nitrogens with zero attached hydrogens (tertiary/aromatic N) is 1. The van der Waals surface area contributed by atoms with E-state index in [1.807, 2.05) is 12.1 Å². The van der Waals surface area contributed by atoms with Gasteiger partial charge in [-0.05, 0) is 43.9 Å². The molecule has 5 atom stereocenters. The molecule has 2 heterocycles. The molecule has 24 heavy (non-hydrogen) atoms. The molecule has 0 aromatic heterocycles. The molecule has 5 rings (SSSR count). The molecule has 1 aromatic rings. The van der Waals surface area contributed by atoms with Crippen molar-refractivity contribution >= 4 is 0 Å². The first kappa shape index (κ1) is 14.8. The summed E-state index contributed by atoms with van der Waals surface area (Å²) in [6, 6.07) is 3.64. The summed E-state index contributed by atoms with van der Waals surface area (Å²) in [6.45, 7) is 5.55. The number of phenolic OH excluding ortho intramolecular Hbond substituents is 1. The molecule has 5 heteroatoms. The van der Waals surface area contributed by atoms with Crippen LogP contribution in [0.5, 0.6) is 11.5 Å². The van der Waals surface area contributed by atoms with Crippen LogP contribution in [-0.4, -0.2) is 52.0 Å². The third kappa shape index (κ3) is 1.43. The summed E-state index contributed by atoms with van der Waals surface area (Å²) in [5.41, 5.74) is 7.28. The summed E-state index contributed by atoms with van der Waals surface area (Å²) in [6.07, 6.45) is 4.66. The van der Waals surface area contributed by atoms with Crippen LogP contribution in [-0.2, 0) is 11.8 Å². The van der Waals surface area contributed by atoms with Gasteiger partial charge in [-0.1, -0.05) is 12.1 Å². The Labute approximate surface area is 141 Å². The minimum absolute atomic E-state index is 0.0471. The highest BCUT2D eigenvalue weighted by atomic mass is 16.5. The van der Waals surface area contributed by atoms with Crippen molar-refractivity contribution in [2.45, 2.75) is 54.9 Å². The average molecular weight is 328 g/mol. The van der Waals surface area contributed by atoms with Gasteiger partial charge in [0.2, 0.25) is 0 Å². The lowest BCUT2D eigenvalue weighted by molar-refractivity contribution is -0.186. The number of nitrogens with two attached hydrogens (primary N) is 1. The van der Waals surface area contributed by atoms with Crippen molar-refractivity contribution in [3.63, 3.8) is 0 Å². The van der Waals surface area contributed by atoms with Crippen molar-refractivity contribution in [3.8, 4) is 11.5 Å². The van der Waals surface area contributed by atoms with Gasteiger partial charge in [-0.3, -0.25) is 4.90 Å². The van der Waals surface area contributed by atoms with Gasteiger partial charge in [-0.25, -0.2) is 0 Å². The summed E-state index contributed by atoms with van der Waals surface area (Å²) in [4.78, 5) is 2.35. The topological polar surface area (TPSA) is 79.0 Å². The van der Waals surface area contributed by atoms with E-state index in [1.165, 1.54) is 5.56 Å². The zero-order chi connectivity index (χ0) is 16.7. The zero-order valence-electron chi connectivity index (χ0n) is 13.7. The quantitative estimate of drug-likeness (QED) is 0.708. The molecule has 4 aliphatic rings. The molecular formula is C19H24N2O3. The van der Waals surface area contributed by atoms with Crippen molar-refractivity contribution in [2.24, 2.45) is 5.73 Å². The van der Waals surface area contributed by atoms with Crippen molar-refractivity contribution < 1.29 is 14.9 Å². The Morgan fingerprint density at radius 3 is 3.04 bits per heavy atom. The SMILES string of the molecule is C=CCN1CC[C@]23c4c5ccc(O)c4O[C@H]2C(N)CC[C@@]3(O)[C@H]1C5. The number of aliphatic hydroxyl groups is 1. The van der Waals surface area contributed by atoms with Gasteiger partial charge >= 0.3 is 0 Å². The van der Waals surface area contributed by atoms with E-state index in [0.717, 1.165) is 37.9 Å². The number of hydrogen-bond donors (Lipinski definition) is 3. The van der Waals surface area contributed by atoms with E-state index >= 15 is 0 Å². The van der Waals surface area contributed by atoms with Crippen molar-refractivity contribution in [1.82, 2.24) is 4.90 Å². The van der Waals surface area contributed by atoms with Gasteiger partial charge in [0, 0.05) is 24.2 Å². The fraction of sp³-hybridized carbons (Fsp3) is 0.579. The highest BCUT2D eigenvalue weighted by molar-refractivity contribution is 5.62. The molecule has 0 radical (unpaired) electrons. The summed E-state index contributed by atoms with van der Waals surface area (Å²) in [5, 5.41) is 22.3. The van der Waals surface area contributed by atoms with Crippen molar-refractivity contribution in [2.75, 3.05) is 13.1 Å². The minimum Gasteiger partial charge on any atom is -0.504 e. The maximum absolute atomic E-state index is 11.9. The molecule has 2 bridgehead atoms. The van der Waals surface area contributed by atoms with Crippen LogP contribution in [0.2, 0.25) is 0 Å². The van der Waals surface area contributed by atoms with E-state index in [0.29, 0.717) is 12.2 Å². The van der Waals surface area contributed by atoms with Crippen LogP contribution < -0.4 is 10.5 Å². The van der Waals surface area contributed by atoms with Gasteiger partial charge in [0.1, 0.15) is 6.10 Å². The first-order valence-corrected chi connectivity index (χ1v) is 8.88. The Morgan fingerprint density at radius 2 is 2.25 bits per heavy atom. The second-order valence-electron chi connectivity index (χ2n) is 7.84. The molecule has 2 aliphatic heterocycles. The van der Waals surface area contributed by atoms with E-state index in [-0.39, 0.29) is 23.9 Å². The molecule has 5 nitrogen and oxygen atoms in total. The molecule has 2 fully saturated rings. The molecule has 1 saturated heterocycles. The van der Waals surface area contributed by atoms with Crippen LogP contribution in [0, 0.1) is 0 Å². The van der Waals surface area contributed by atoms with E-state index in [1.54, 1.807) is 6.07 Å². The second-order valence-corrected chi connectivity index (χ2v) is 7.84. The second kappa shape index (κ2) is 4.54. The Kier molecular flexibility index (Phi) is 2.79. The number of piperidine rings is 1. The van der Waals surface area contributed by atoms with Crippen LogP contribution in [0.4, 0.5) is 0 Å². The van der Waals surface area contributed by atoms with Crippen LogP contribution in [0.25, 0.3) is 0 Å². The van der Waals surface area contributed by atoms with Gasteiger partial charge in [0.15, 0.2) is 11.5 Å². The van der Waals surface area contributed by atoms with Crippen LogP contribution in [0.3, 0.4) is 0 Å². The smallest absolute Gasteiger partial charge is 0.165 e. The minimum atomic E-state index is -0.860. The van der Waals surface area contributed by atoms with E-state index in [2.05, 4.69) is 11.5 Å². The highest BCUT2D eigenvalue weighted by Crippen LogP contribution is 2.65. The highest BCUT2D eigenvalue weighted by Gasteiger charge is 2.72. The average Bonchev–Trinajstić information content (AvgIpc) is 2.91. The lowest BCUT2D eigenvalue weighted by Crippen LogP contribution is -2.77. The van der Waals surface area contributed by atoms with E-state index < -0.39 is 11.0 Å². The normalized spacial score (nSPS) is 42.3. The summed E-state index contributed by atoms with van der Waals surface area (Å²) < 4.78 is 6.21. The molecule has 1 spiro atoms. The molecule has 1 saturated carbocycles. The third-order valence-electron chi connectivity index (χ3n) is 6.98. The number of rotatable bonds is 2. The van der Waals surface area contributed by atoms with Crippen molar-refractivity contribution in [1.29, 1.82) is 0 Å². The largest absolute Gasteiger partial charge is 0.504 e. The summed E-state index contributed by atoms with van der Waals surface area (Å²) in [5.74, 6) is 0.725. The molecule has 2 aliphatic carbocycles. The lowest BCUT2D eigenvalue weighted by atomic mass is 9.48. The van der Waals surface area contributed by atoms with Gasteiger partial charge in [-0.15, -0.1) is 6.58 Å². The Bertz CT molecular complexity index is 736. The predicted octanol–water partition coefficient (Wildman–Crippen LogP) is 1.06. The molecule has 4 N–H and O–H groups in total. The summed E-state index contributed by atoms with van der Waals surface area (Å²) >= 11 is 0. The standard InChI is InChI=1S/C19H24N2O3/c1-2-8-21-9-7-18-15-11-3-4-13(22)16(15)24-17(18)12(20)5-6-19(18,23)14(21)10-11/h2-4,12,14,17,22-23H,1,5-10,20H2/t12?,14-,17+,18+,19-/m1/s1. The molecule has 1 unspecified atom stereocenters. The van der Waals surface area contributed by atoms with E-state index in [9.17, 15) is 10.2 Å². The Morgan fingerprint density at radius 1 is 1.42 bits per heavy atom. The predicted molar refractivity (Wildman–Crippen MR) is 90.2 cm³/mol. The number of likely N-dealkylation sites (tertiary alicyclic amines) is 1. The monoisotopic (exact) mass is 328 g/mol. The van der Waals surface area contributed by atoms with Gasteiger partial charge < -0.3 is 20.7 Å². The number of hydrogen-bond acceptors (Lipinski definition) is 5. The molecular weight excluding hydrogens is 304 g/mol. The Hall–Kier alpha value is -1.56. The molecule has 128 valence electrons. The fourth-order valence-corrected chi connectivity index (χ4v) is 6.05. The molecule has 0 amide bonds. The number of benzene rings is 1. The van der Waals surface area contributed by atoms with E-state index in [4.69, 9.17) is 10.5 Å². The number of aromatic hydroxyl groups is 1. The van der Waals surface area contributed by atoms with Gasteiger partial charge in [0.05, 0.1) is 11.0 Å². The van der Waals surface area contributed by atoms with Crippen LogP contribution >= 0.6 is 0 Å². The third-order valence-corrected chi connectivity index (χ3v) is 6.98. The van der Waals surface area contributed by atoms with Gasteiger partial charge in [0.25, 0.3) is 0 Å². The summed E-state index contributed by atoms with van der Waals surface area (Å²) in [7, 11) is 0. The number of phenols is 1. The first-order valence-electron chi connectivity index (χ1n) is 8.88. The molecule has 1 aromatic carbocycles. The maximum atomic E-state index is 11.9.